The van der Waals surface area contributed by atoms with Crippen LogP contribution in [0.15, 0.2) is 75.3 Å². The lowest BCUT2D eigenvalue weighted by Crippen LogP contribution is -2.29. The van der Waals surface area contributed by atoms with Crippen molar-refractivity contribution in [2.24, 2.45) is 10.2 Å². The van der Waals surface area contributed by atoms with Gasteiger partial charge in [0.2, 0.25) is 0 Å². The minimum atomic E-state index is -5.04. The molecule has 0 saturated heterocycles. The monoisotopic (exact) mass is 610 g/mol. The molecule has 0 atom stereocenters. The third-order valence-electron chi connectivity index (χ3n) is 5.34. The van der Waals surface area contributed by atoms with Gasteiger partial charge in [-0.2, -0.15) is 36.5 Å². The first kappa shape index (κ1) is 32.0. The Morgan fingerprint density at radius 3 is 1.21 bits per heavy atom. The predicted octanol–water partition coefficient (Wildman–Crippen LogP) is 4.59. The maximum Gasteiger partial charge on any atom is 0.471 e. The zero-order valence-corrected chi connectivity index (χ0v) is 22.0. The van der Waals surface area contributed by atoms with Crippen LogP contribution in [0.25, 0.3) is 0 Å². The Morgan fingerprint density at radius 1 is 0.581 bits per heavy atom. The molecule has 0 aliphatic carbocycles. The highest BCUT2D eigenvalue weighted by Gasteiger charge is 2.39. The van der Waals surface area contributed by atoms with E-state index in [2.05, 4.69) is 21.1 Å². The molecule has 17 heteroatoms. The highest BCUT2D eigenvalue weighted by Crippen LogP contribution is 2.20. The Morgan fingerprint density at radius 2 is 0.907 bits per heavy atom. The summed E-state index contributed by atoms with van der Waals surface area (Å²) in [5.41, 5.74) is 5.55. The molecule has 4 amide bonds. The van der Waals surface area contributed by atoms with Crippen LogP contribution in [-0.2, 0) is 9.59 Å². The summed E-state index contributed by atoms with van der Waals surface area (Å²) in [6, 6.07) is 12.7. The van der Waals surface area contributed by atoms with E-state index in [-0.39, 0.29) is 34.3 Å². The first-order valence-electron chi connectivity index (χ1n) is 11.8. The van der Waals surface area contributed by atoms with Gasteiger partial charge in [-0.25, -0.2) is 10.9 Å². The summed E-state index contributed by atoms with van der Waals surface area (Å²) in [7, 11) is 0. The number of amides is 4. The number of carbonyl (C=O) groups excluding carboxylic acids is 4. The molecule has 0 fully saturated rings. The molecule has 0 unspecified atom stereocenters. The largest absolute Gasteiger partial charge is 0.471 e. The number of nitrogens with zero attached hydrogens (tertiary/aromatic N) is 2. The minimum absolute atomic E-state index is 0.100. The average Bonchev–Trinajstić information content (AvgIpc) is 3.45. The molecule has 1 heterocycles. The molecule has 226 valence electrons. The summed E-state index contributed by atoms with van der Waals surface area (Å²) < 4.78 is 79.4. The van der Waals surface area contributed by atoms with E-state index in [1.807, 2.05) is 0 Å². The Labute approximate surface area is 238 Å². The van der Waals surface area contributed by atoms with Crippen LogP contribution in [0.4, 0.5) is 37.7 Å². The van der Waals surface area contributed by atoms with Crippen molar-refractivity contribution < 1.29 is 49.9 Å². The topological polar surface area (TPSA) is 154 Å². The summed E-state index contributed by atoms with van der Waals surface area (Å²) >= 11 is 0. The third-order valence-corrected chi connectivity index (χ3v) is 5.34. The molecule has 0 radical (unpaired) electrons. The van der Waals surface area contributed by atoms with E-state index in [9.17, 15) is 45.5 Å². The number of hydrazone groups is 2. The number of hydrogen-bond acceptors (Lipinski definition) is 7. The second-order valence-corrected chi connectivity index (χ2v) is 8.50. The van der Waals surface area contributed by atoms with Crippen LogP contribution >= 0.6 is 0 Å². The molecule has 43 heavy (non-hydrogen) atoms. The Kier molecular flexibility index (Phi) is 9.69. The maximum absolute atomic E-state index is 12.4. The lowest BCUT2D eigenvalue weighted by molar-refractivity contribution is -0.167. The van der Waals surface area contributed by atoms with Gasteiger partial charge in [-0.05, 0) is 61.4 Å². The van der Waals surface area contributed by atoms with Crippen molar-refractivity contribution in [3.05, 3.63) is 83.3 Å². The molecule has 4 N–H and O–H groups in total. The fourth-order valence-electron chi connectivity index (χ4n) is 3.08. The van der Waals surface area contributed by atoms with Gasteiger partial charge >= 0.3 is 36.0 Å². The first-order chi connectivity index (χ1) is 20.0. The predicted molar refractivity (Wildman–Crippen MR) is 140 cm³/mol. The number of hydrogen-bond donors (Lipinski definition) is 4. The fourth-order valence-corrected chi connectivity index (χ4v) is 3.08. The Bertz CT molecular complexity index is 1460. The number of anilines is 2. The van der Waals surface area contributed by atoms with E-state index in [4.69, 9.17) is 4.42 Å². The van der Waals surface area contributed by atoms with Crippen molar-refractivity contribution in [1.29, 1.82) is 0 Å². The van der Waals surface area contributed by atoms with Gasteiger partial charge in [-0.1, -0.05) is 24.3 Å². The fraction of sp³-hybridized carbons (Fsp3) is 0.154. The quantitative estimate of drug-likeness (QED) is 0.167. The van der Waals surface area contributed by atoms with Crippen LogP contribution in [0.2, 0.25) is 0 Å². The summed E-state index contributed by atoms with van der Waals surface area (Å²) in [4.78, 5) is 46.8. The number of halogens is 6. The van der Waals surface area contributed by atoms with Crippen molar-refractivity contribution in [3.8, 4) is 0 Å². The van der Waals surface area contributed by atoms with Crippen molar-refractivity contribution >= 4 is 46.4 Å². The van der Waals surface area contributed by atoms with Gasteiger partial charge in [-0.3, -0.25) is 19.2 Å². The molecular formula is C26H20F6N6O5. The van der Waals surface area contributed by atoms with Gasteiger partial charge in [-0.15, -0.1) is 0 Å². The molecule has 0 spiro atoms. The van der Waals surface area contributed by atoms with Gasteiger partial charge in [0.1, 0.15) is 0 Å². The average molecular weight is 610 g/mol. The van der Waals surface area contributed by atoms with Crippen molar-refractivity contribution in [3.63, 3.8) is 0 Å². The van der Waals surface area contributed by atoms with Crippen molar-refractivity contribution in [1.82, 2.24) is 10.9 Å². The number of furan rings is 1. The zero-order chi connectivity index (χ0) is 31.9. The second-order valence-electron chi connectivity index (χ2n) is 8.50. The van der Waals surface area contributed by atoms with Crippen LogP contribution in [-0.4, -0.2) is 47.4 Å². The van der Waals surface area contributed by atoms with Crippen LogP contribution < -0.4 is 21.5 Å². The van der Waals surface area contributed by atoms with E-state index in [0.29, 0.717) is 11.1 Å². The molecule has 1 aromatic heterocycles. The SMILES string of the molecule is CC(=NNC(=O)c1ccc(C(=O)NN=C(C)c2ccc(NC(=O)C(F)(F)F)cc2)o1)c1ccc(NC(=O)C(F)(F)F)cc1. The smallest absolute Gasteiger partial charge is 0.446 e. The standard InChI is InChI=1S/C26H20F6N6O5/c1-13(15-3-7-17(8-4-15)33-23(41)25(27,28)29)35-37-21(39)19-11-12-20(43-19)22(40)38-36-14(2)16-5-9-18(10-6-16)34-24(42)26(30,31)32/h3-12H,1-2H3,(H,33,41)(H,34,42)(H,37,39)(H,38,40). The van der Waals surface area contributed by atoms with Crippen LogP contribution in [0.3, 0.4) is 0 Å². The molecule has 0 bridgehead atoms. The van der Waals surface area contributed by atoms with Gasteiger partial charge < -0.3 is 15.1 Å². The second kappa shape index (κ2) is 13.0. The van der Waals surface area contributed by atoms with E-state index in [0.717, 1.165) is 0 Å². The number of nitrogens with one attached hydrogen (secondary N) is 4. The molecule has 0 aliphatic rings. The number of alkyl halides is 6. The van der Waals surface area contributed by atoms with Gasteiger partial charge in [0.15, 0.2) is 11.5 Å². The third kappa shape index (κ3) is 9.00. The van der Waals surface area contributed by atoms with E-state index in [1.165, 1.54) is 74.5 Å². The lowest BCUT2D eigenvalue weighted by Gasteiger charge is -2.08. The minimum Gasteiger partial charge on any atom is -0.446 e. The molecule has 0 aliphatic heterocycles. The normalized spacial score (nSPS) is 12.4. The zero-order valence-electron chi connectivity index (χ0n) is 22.0. The van der Waals surface area contributed by atoms with Gasteiger partial charge in [0, 0.05) is 11.4 Å². The summed E-state index contributed by atoms with van der Waals surface area (Å²) in [6.45, 7) is 2.99. The van der Waals surface area contributed by atoms with Gasteiger partial charge in [0.25, 0.3) is 0 Å². The van der Waals surface area contributed by atoms with Crippen molar-refractivity contribution in [2.45, 2.75) is 26.2 Å². The molecule has 2 aromatic carbocycles. The molecule has 0 saturated carbocycles. The number of carbonyl (C=O) groups is 4. The summed E-state index contributed by atoms with van der Waals surface area (Å²) in [6.07, 6.45) is -10.1. The summed E-state index contributed by atoms with van der Waals surface area (Å²) in [5, 5.41) is 11.1. The summed E-state index contributed by atoms with van der Waals surface area (Å²) in [5.74, 6) is -6.48. The van der Waals surface area contributed by atoms with Gasteiger partial charge in [0.05, 0.1) is 11.4 Å². The first-order valence-corrected chi connectivity index (χ1v) is 11.8. The number of benzene rings is 2. The van der Waals surface area contributed by atoms with Crippen LogP contribution in [0, 0.1) is 0 Å². The van der Waals surface area contributed by atoms with E-state index >= 15 is 0 Å². The molecule has 3 rings (SSSR count). The van der Waals surface area contributed by atoms with Crippen LogP contribution in [0.1, 0.15) is 46.1 Å². The Balaban J connectivity index is 1.55. The molecule has 11 nitrogen and oxygen atoms in total. The van der Waals surface area contributed by atoms with E-state index < -0.39 is 36.0 Å². The lowest BCUT2D eigenvalue weighted by atomic mass is 10.1. The highest BCUT2D eigenvalue weighted by atomic mass is 19.4. The molecule has 3 aromatic rings. The highest BCUT2D eigenvalue weighted by molar-refractivity contribution is 6.03. The Hall–Kier alpha value is -5.48. The molecular weight excluding hydrogens is 590 g/mol. The van der Waals surface area contributed by atoms with Crippen LogP contribution in [0.5, 0.6) is 0 Å². The number of rotatable bonds is 8. The maximum atomic E-state index is 12.4. The van der Waals surface area contributed by atoms with Crippen molar-refractivity contribution in [2.75, 3.05) is 10.6 Å². The van der Waals surface area contributed by atoms with E-state index in [1.54, 1.807) is 10.6 Å².